The molecule has 0 saturated heterocycles. The Hall–Kier alpha value is -2.56. The summed E-state index contributed by atoms with van der Waals surface area (Å²) in [6.45, 7) is 0. The third kappa shape index (κ3) is 2.88. The predicted molar refractivity (Wildman–Crippen MR) is 79.4 cm³/mol. The fourth-order valence-corrected chi connectivity index (χ4v) is 1.76. The summed E-state index contributed by atoms with van der Waals surface area (Å²) in [6, 6.07) is 10.0. The van der Waals surface area contributed by atoms with Gasteiger partial charge < -0.3 is 14.9 Å². The number of hydrogen-bond acceptors (Lipinski definition) is 4. The van der Waals surface area contributed by atoms with Crippen LogP contribution in [-0.4, -0.2) is 37.1 Å². The second-order valence-corrected chi connectivity index (χ2v) is 4.68. The first-order valence-electron chi connectivity index (χ1n) is 6.19. The van der Waals surface area contributed by atoms with E-state index in [-0.39, 0.29) is 11.7 Å². The molecule has 0 aliphatic heterocycles. The molecule has 1 aromatic carbocycles. The maximum Gasteiger partial charge on any atom is 0.259 e. The van der Waals surface area contributed by atoms with Crippen LogP contribution in [0.15, 0.2) is 42.6 Å². The monoisotopic (exact) mass is 271 g/mol. The summed E-state index contributed by atoms with van der Waals surface area (Å²) >= 11 is 0. The van der Waals surface area contributed by atoms with Crippen molar-refractivity contribution in [3.05, 3.63) is 48.2 Å². The number of phenolic OH excluding ortho intramolecular Hbond substituents is 1. The molecule has 5 heteroatoms. The molecule has 1 amide bonds. The molecule has 2 rings (SSSR count). The maximum absolute atomic E-state index is 12.3. The van der Waals surface area contributed by atoms with Crippen molar-refractivity contribution >= 4 is 17.4 Å². The molecule has 104 valence electrons. The molecule has 0 aliphatic carbocycles. The van der Waals surface area contributed by atoms with Crippen LogP contribution in [0.2, 0.25) is 0 Å². The summed E-state index contributed by atoms with van der Waals surface area (Å²) in [5.41, 5.74) is 1.23. The zero-order chi connectivity index (χ0) is 14.7. The molecular formula is C15H17N3O2. The van der Waals surface area contributed by atoms with E-state index >= 15 is 0 Å². The van der Waals surface area contributed by atoms with Gasteiger partial charge in [-0.15, -0.1) is 0 Å². The molecule has 0 atom stereocenters. The van der Waals surface area contributed by atoms with Gasteiger partial charge in [0.15, 0.2) is 0 Å². The largest absolute Gasteiger partial charge is 0.508 e. The van der Waals surface area contributed by atoms with Crippen LogP contribution in [0.1, 0.15) is 10.4 Å². The molecule has 1 aromatic heterocycles. The highest BCUT2D eigenvalue weighted by Gasteiger charge is 2.14. The average molecular weight is 271 g/mol. The van der Waals surface area contributed by atoms with Crippen LogP contribution >= 0.6 is 0 Å². The molecule has 0 aliphatic rings. The molecule has 0 fully saturated rings. The van der Waals surface area contributed by atoms with E-state index in [1.165, 1.54) is 4.90 Å². The van der Waals surface area contributed by atoms with Crippen LogP contribution in [-0.2, 0) is 0 Å². The minimum atomic E-state index is -0.145. The fourth-order valence-electron chi connectivity index (χ4n) is 1.76. The molecule has 1 N–H and O–H groups in total. The number of rotatable bonds is 3. The number of phenols is 1. The molecule has 2 aromatic rings. The van der Waals surface area contributed by atoms with Gasteiger partial charge in [-0.25, -0.2) is 4.98 Å². The predicted octanol–water partition coefficient (Wildman–Crippen LogP) is 2.13. The Morgan fingerprint density at radius 2 is 1.70 bits per heavy atom. The summed E-state index contributed by atoms with van der Waals surface area (Å²) in [4.78, 5) is 19.9. The Morgan fingerprint density at radius 1 is 1.05 bits per heavy atom. The summed E-state index contributed by atoms with van der Waals surface area (Å²) in [5, 5.41) is 9.26. The van der Waals surface area contributed by atoms with E-state index < -0.39 is 0 Å². The number of aromatic hydroxyl groups is 1. The third-order valence-corrected chi connectivity index (χ3v) is 2.99. The summed E-state index contributed by atoms with van der Waals surface area (Å²) in [6.07, 6.45) is 1.56. The van der Waals surface area contributed by atoms with E-state index in [4.69, 9.17) is 0 Å². The van der Waals surface area contributed by atoms with Gasteiger partial charge in [0, 0.05) is 33.0 Å². The van der Waals surface area contributed by atoms with E-state index in [0.717, 1.165) is 5.82 Å². The van der Waals surface area contributed by atoms with Gasteiger partial charge in [0.1, 0.15) is 11.6 Å². The number of hydrogen-bond donors (Lipinski definition) is 1. The second-order valence-electron chi connectivity index (χ2n) is 4.68. The van der Waals surface area contributed by atoms with Gasteiger partial charge >= 0.3 is 0 Å². The lowest BCUT2D eigenvalue weighted by Gasteiger charge is -2.18. The molecule has 0 bridgehead atoms. The van der Waals surface area contributed by atoms with Crippen LogP contribution in [0.25, 0.3) is 0 Å². The van der Waals surface area contributed by atoms with E-state index in [1.807, 2.05) is 19.0 Å². The lowest BCUT2D eigenvalue weighted by atomic mass is 10.2. The summed E-state index contributed by atoms with van der Waals surface area (Å²) in [7, 11) is 5.48. The van der Waals surface area contributed by atoms with E-state index in [0.29, 0.717) is 11.3 Å². The normalized spacial score (nSPS) is 10.2. The third-order valence-electron chi connectivity index (χ3n) is 2.99. The second kappa shape index (κ2) is 5.61. The highest BCUT2D eigenvalue weighted by atomic mass is 16.3. The van der Waals surface area contributed by atoms with Crippen molar-refractivity contribution in [3.8, 4) is 5.75 Å². The topological polar surface area (TPSA) is 56.7 Å². The quantitative estimate of drug-likeness (QED) is 0.929. The lowest BCUT2D eigenvalue weighted by molar-refractivity contribution is 0.0992. The Morgan fingerprint density at radius 3 is 2.20 bits per heavy atom. The maximum atomic E-state index is 12.3. The van der Waals surface area contributed by atoms with Gasteiger partial charge in [0.2, 0.25) is 0 Å². The zero-order valence-corrected chi connectivity index (χ0v) is 11.7. The minimum Gasteiger partial charge on any atom is -0.508 e. The highest BCUT2D eigenvalue weighted by Crippen LogP contribution is 2.19. The number of carbonyl (C=O) groups is 1. The van der Waals surface area contributed by atoms with E-state index in [1.54, 1.807) is 49.6 Å². The van der Waals surface area contributed by atoms with Crippen LogP contribution in [0.3, 0.4) is 0 Å². The minimum absolute atomic E-state index is 0.145. The number of pyridine rings is 1. The zero-order valence-electron chi connectivity index (χ0n) is 11.7. The first kappa shape index (κ1) is 13.9. The number of anilines is 2. The first-order valence-corrected chi connectivity index (χ1v) is 6.19. The molecule has 0 spiro atoms. The molecule has 5 nitrogen and oxygen atoms in total. The number of benzene rings is 1. The summed E-state index contributed by atoms with van der Waals surface area (Å²) in [5.74, 6) is 0.828. The van der Waals surface area contributed by atoms with Gasteiger partial charge in [-0.1, -0.05) is 0 Å². The molecule has 0 radical (unpaired) electrons. The van der Waals surface area contributed by atoms with Crippen LogP contribution in [0.4, 0.5) is 11.5 Å². The van der Waals surface area contributed by atoms with Crippen molar-refractivity contribution in [1.82, 2.24) is 4.98 Å². The highest BCUT2D eigenvalue weighted by molar-refractivity contribution is 6.05. The van der Waals surface area contributed by atoms with Crippen molar-refractivity contribution in [2.45, 2.75) is 0 Å². The van der Waals surface area contributed by atoms with E-state index in [9.17, 15) is 9.90 Å². The lowest BCUT2D eigenvalue weighted by Crippen LogP contribution is -2.26. The molecule has 0 unspecified atom stereocenters. The number of aromatic nitrogens is 1. The van der Waals surface area contributed by atoms with Gasteiger partial charge in [0.05, 0.1) is 5.56 Å². The van der Waals surface area contributed by atoms with Gasteiger partial charge in [0.25, 0.3) is 5.91 Å². The van der Waals surface area contributed by atoms with Gasteiger partial charge in [-0.2, -0.15) is 0 Å². The first-order chi connectivity index (χ1) is 9.49. The van der Waals surface area contributed by atoms with Gasteiger partial charge in [-0.05, 0) is 36.4 Å². The Labute approximate surface area is 118 Å². The molecular weight excluding hydrogens is 254 g/mol. The van der Waals surface area contributed by atoms with Crippen molar-refractivity contribution in [2.75, 3.05) is 30.9 Å². The number of amides is 1. The smallest absolute Gasteiger partial charge is 0.259 e. The van der Waals surface area contributed by atoms with Crippen LogP contribution in [0, 0.1) is 0 Å². The fraction of sp³-hybridized carbons (Fsp3) is 0.200. The average Bonchev–Trinajstić information content (AvgIpc) is 2.46. The SMILES string of the molecule is CN(C)c1ccc(C(=O)N(C)c2ccc(O)cc2)cn1. The summed E-state index contributed by atoms with van der Waals surface area (Å²) < 4.78 is 0. The molecule has 20 heavy (non-hydrogen) atoms. The Bertz CT molecular complexity index is 592. The number of carbonyl (C=O) groups excluding carboxylic acids is 1. The molecule has 1 heterocycles. The number of nitrogens with zero attached hydrogens (tertiary/aromatic N) is 3. The van der Waals surface area contributed by atoms with Crippen molar-refractivity contribution in [2.24, 2.45) is 0 Å². The molecule has 0 saturated carbocycles. The standard InChI is InChI=1S/C15H17N3O2/c1-17(2)14-9-4-11(10-16-14)15(20)18(3)12-5-7-13(19)8-6-12/h4-10,19H,1-3H3. The van der Waals surface area contributed by atoms with Crippen LogP contribution < -0.4 is 9.80 Å². The van der Waals surface area contributed by atoms with Crippen molar-refractivity contribution < 1.29 is 9.90 Å². The van der Waals surface area contributed by atoms with E-state index in [2.05, 4.69) is 4.98 Å². The van der Waals surface area contributed by atoms with Crippen molar-refractivity contribution in [1.29, 1.82) is 0 Å². The Balaban J connectivity index is 2.20. The van der Waals surface area contributed by atoms with Gasteiger partial charge in [-0.3, -0.25) is 4.79 Å². The Kier molecular flexibility index (Phi) is 3.89. The van der Waals surface area contributed by atoms with Crippen LogP contribution in [0.5, 0.6) is 5.75 Å². The van der Waals surface area contributed by atoms with Crippen molar-refractivity contribution in [3.63, 3.8) is 0 Å².